The average molecular weight is 391 g/mol. The van der Waals surface area contributed by atoms with Gasteiger partial charge in [0.2, 0.25) is 0 Å². The summed E-state index contributed by atoms with van der Waals surface area (Å²) in [6.07, 6.45) is 0. The van der Waals surface area contributed by atoms with Gasteiger partial charge in [-0.05, 0) is 73.4 Å². The van der Waals surface area contributed by atoms with Crippen LogP contribution in [0.2, 0.25) is 0 Å². The summed E-state index contributed by atoms with van der Waals surface area (Å²) in [5.41, 5.74) is 1.87. The number of benzene rings is 3. The molecule has 0 atom stereocenters. The molecule has 6 heteroatoms. The second kappa shape index (κ2) is 8.68. The second-order valence-electron chi connectivity index (χ2n) is 7.80. The van der Waals surface area contributed by atoms with Crippen molar-refractivity contribution in [2.45, 2.75) is 26.4 Å². The third-order valence-electron chi connectivity index (χ3n) is 4.42. The Bertz CT molecular complexity index is 996. The van der Waals surface area contributed by atoms with Crippen LogP contribution in [0.25, 0.3) is 10.8 Å². The van der Waals surface area contributed by atoms with Gasteiger partial charge in [0, 0.05) is 24.0 Å². The molecule has 1 N–H and O–H groups in total. The first-order valence-corrected chi connectivity index (χ1v) is 9.49. The number of hydrogen-bond donors (Lipinski definition) is 1. The maximum atomic E-state index is 12.7. The van der Waals surface area contributed by atoms with Crippen LogP contribution in [0, 0.1) is 0 Å². The Kier molecular flexibility index (Phi) is 6.25. The summed E-state index contributed by atoms with van der Waals surface area (Å²) < 4.78 is 16.6. The molecule has 0 unspecified atom stereocenters. The van der Waals surface area contributed by atoms with Crippen LogP contribution in [-0.4, -0.2) is 32.8 Å². The van der Waals surface area contributed by atoms with E-state index in [0.717, 1.165) is 22.0 Å². The highest BCUT2D eigenvalue weighted by Crippen LogP contribution is 2.22. The minimum Gasteiger partial charge on any atom is -0.497 e. The van der Waals surface area contributed by atoms with Crippen molar-refractivity contribution in [1.29, 1.82) is 0 Å². The van der Waals surface area contributed by atoms with Crippen LogP contribution in [-0.2, 0) is 9.31 Å². The van der Waals surface area contributed by atoms with Crippen LogP contribution in [0.4, 0.5) is 5.69 Å². The van der Waals surface area contributed by atoms with Crippen molar-refractivity contribution in [3.63, 3.8) is 0 Å². The van der Waals surface area contributed by atoms with E-state index in [4.69, 9.17) is 14.0 Å². The average Bonchev–Trinajstić information content (AvgIpc) is 2.71. The van der Waals surface area contributed by atoms with Crippen molar-refractivity contribution >= 4 is 34.9 Å². The molecule has 3 aromatic rings. The van der Waals surface area contributed by atoms with E-state index in [1.54, 1.807) is 14.2 Å². The first kappa shape index (κ1) is 20.9. The number of fused-ring (bicyclic) bond motifs is 1. The minimum atomic E-state index is -0.461. The molecule has 0 aliphatic rings. The van der Waals surface area contributed by atoms with Gasteiger partial charge < -0.3 is 19.4 Å². The van der Waals surface area contributed by atoms with E-state index in [1.165, 1.54) is 0 Å². The number of carbonyl (C=O) groups is 1. The summed E-state index contributed by atoms with van der Waals surface area (Å²) >= 11 is 0. The lowest BCUT2D eigenvalue weighted by atomic mass is 9.78. The Labute approximate surface area is 172 Å². The normalized spacial score (nSPS) is 11.3. The molecule has 0 aromatic heterocycles. The van der Waals surface area contributed by atoms with Crippen LogP contribution < -0.4 is 15.5 Å². The molecule has 0 spiro atoms. The van der Waals surface area contributed by atoms with Gasteiger partial charge in [-0.1, -0.05) is 24.3 Å². The summed E-state index contributed by atoms with van der Waals surface area (Å²) in [7, 11) is 2.79. The van der Waals surface area contributed by atoms with Gasteiger partial charge in [-0.3, -0.25) is 4.79 Å². The lowest BCUT2D eigenvalue weighted by molar-refractivity contribution is 0.0981. The Morgan fingerprint density at radius 2 is 1.55 bits per heavy atom. The zero-order chi connectivity index (χ0) is 21.0. The number of hydrogen-bond acceptors (Lipinski definition) is 4. The van der Waals surface area contributed by atoms with Gasteiger partial charge >= 0.3 is 7.12 Å². The van der Waals surface area contributed by atoms with E-state index in [-0.39, 0.29) is 11.5 Å². The molecule has 150 valence electrons. The molecule has 0 radical (unpaired) electrons. The van der Waals surface area contributed by atoms with E-state index < -0.39 is 7.12 Å². The number of nitrogens with one attached hydrogen (secondary N) is 1. The van der Waals surface area contributed by atoms with E-state index >= 15 is 0 Å². The summed E-state index contributed by atoms with van der Waals surface area (Å²) in [5, 5.41) is 4.94. The van der Waals surface area contributed by atoms with Crippen LogP contribution in [0.3, 0.4) is 0 Å². The highest BCUT2D eigenvalue weighted by atomic mass is 16.6. The first-order valence-electron chi connectivity index (χ1n) is 9.49. The van der Waals surface area contributed by atoms with Gasteiger partial charge in [-0.25, -0.2) is 0 Å². The molecule has 29 heavy (non-hydrogen) atoms. The van der Waals surface area contributed by atoms with Crippen LogP contribution >= 0.6 is 0 Å². The van der Waals surface area contributed by atoms with Crippen LogP contribution in [0.1, 0.15) is 31.1 Å². The minimum absolute atomic E-state index is 0.162. The fourth-order valence-electron chi connectivity index (χ4n) is 2.99. The quantitative estimate of drug-likeness (QED) is 0.638. The van der Waals surface area contributed by atoms with Crippen molar-refractivity contribution in [1.82, 2.24) is 0 Å². The van der Waals surface area contributed by atoms with Gasteiger partial charge in [0.1, 0.15) is 5.75 Å². The Hall–Kier alpha value is -2.83. The molecule has 0 aliphatic heterocycles. The highest BCUT2D eigenvalue weighted by Gasteiger charge is 2.26. The number of ether oxygens (including phenoxy) is 1. The number of carbonyl (C=O) groups excluding carboxylic acids is 1. The molecule has 5 nitrogen and oxygen atoms in total. The van der Waals surface area contributed by atoms with E-state index in [2.05, 4.69) is 5.32 Å². The van der Waals surface area contributed by atoms with Gasteiger partial charge in [-0.15, -0.1) is 0 Å². The second-order valence-corrected chi connectivity index (χ2v) is 7.80. The highest BCUT2D eigenvalue weighted by molar-refractivity contribution is 6.61. The molecule has 0 saturated heterocycles. The van der Waals surface area contributed by atoms with Gasteiger partial charge in [-0.2, -0.15) is 0 Å². The van der Waals surface area contributed by atoms with Crippen molar-refractivity contribution in [3.05, 3.63) is 66.2 Å². The first-order chi connectivity index (χ1) is 13.8. The summed E-state index contributed by atoms with van der Waals surface area (Å²) in [6.45, 7) is 5.94. The number of amides is 1. The van der Waals surface area contributed by atoms with Gasteiger partial charge in [0.05, 0.1) is 7.11 Å². The molecule has 0 heterocycles. The van der Waals surface area contributed by atoms with Crippen LogP contribution in [0.15, 0.2) is 60.7 Å². The van der Waals surface area contributed by atoms with Crippen LogP contribution in [0.5, 0.6) is 5.75 Å². The SMILES string of the molecule is COB(OC(C)(C)C)c1ccc(NC(=O)c2ccc3cc(OC)ccc3c2)cc1. The topological polar surface area (TPSA) is 56.8 Å². The molecular formula is C23H26BNO4. The lowest BCUT2D eigenvalue weighted by Gasteiger charge is -2.24. The number of anilines is 1. The zero-order valence-corrected chi connectivity index (χ0v) is 17.5. The van der Waals surface area contributed by atoms with Crippen molar-refractivity contribution in [3.8, 4) is 5.75 Å². The smallest absolute Gasteiger partial charge is 0.494 e. The Balaban J connectivity index is 1.72. The van der Waals surface area contributed by atoms with Crippen molar-refractivity contribution in [2.75, 3.05) is 19.5 Å². The predicted molar refractivity (Wildman–Crippen MR) is 118 cm³/mol. The molecule has 0 bridgehead atoms. The molecule has 3 aromatic carbocycles. The van der Waals surface area contributed by atoms with Crippen molar-refractivity contribution in [2.24, 2.45) is 0 Å². The summed E-state index contributed by atoms with van der Waals surface area (Å²) in [6, 6.07) is 18.8. The Morgan fingerprint density at radius 3 is 2.17 bits per heavy atom. The lowest BCUT2D eigenvalue weighted by Crippen LogP contribution is -2.41. The number of methoxy groups -OCH3 is 1. The van der Waals surface area contributed by atoms with E-state index in [0.29, 0.717) is 11.3 Å². The fraction of sp³-hybridized carbons (Fsp3) is 0.261. The van der Waals surface area contributed by atoms with E-state index in [9.17, 15) is 4.79 Å². The van der Waals surface area contributed by atoms with Gasteiger partial charge in [0.25, 0.3) is 5.91 Å². The Morgan fingerprint density at radius 1 is 0.897 bits per heavy atom. The predicted octanol–water partition coefficient (Wildman–Crippen LogP) is 4.26. The molecule has 0 fully saturated rings. The maximum absolute atomic E-state index is 12.7. The van der Waals surface area contributed by atoms with Gasteiger partial charge in [0.15, 0.2) is 0 Å². The molecule has 1 amide bonds. The standard InChI is InChI=1S/C23H26BNO4/c1-23(2,3)29-24(28-5)19-9-11-20(12-10-19)25-22(26)18-7-6-17-15-21(27-4)13-8-16(17)14-18/h6-15H,1-5H3,(H,25,26). The third kappa shape index (κ3) is 5.37. The van der Waals surface area contributed by atoms with Crippen molar-refractivity contribution < 1.29 is 18.8 Å². The molecule has 3 rings (SSSR count). The molecular weight excluding hydrogens is 365 g/mol. The molecule has 0 aliphatic carbocycles. The van der Waals surface area contributed by atoms with E-state index in [1.807, 2.05) is 81.4 Å². The number of rotatable bonds is 6. The molecule has 0 saturated carbocycles. The summed E-state index contributed by atoms with van der Waals surface area (Å²) in [5.74, 6) is 0.629. The summed E-state index contributed by atoms with van der Waals surface area (Å²) in [4.78, 5) is 12.7. The maximum Gasteiger partial charge on any atom is 0.494 e. The fourth-order valence-corrected chi connectivity index (χ4v) is 2.99. The zero-order valence-electron chi connectivity index (χ0n) is 17.5. The third-order valence-corrected chi connectivity index (χ3v) is 4.42. The monoisotopic (exact) mass is 391 g/mol. The largest absolute Gasteiger partial charge is 0.497 e.